The van der Waals surface area contributed by atoms with Crippen LogP contribution in [0.3, 0.4) is 0 Å². The molecule has 1 N–H and O–H groups in total. The van der Waals surface area contributed by atoms with E-state index in [1.165, 1.54) is 6.42 Å². The number of hydrogen-bond acceptors (Lipinski definition) is 1. The highest BCUT2D eigenvalue weighted by molar-refractivity contribution is 9.09. The number of alkyl halides is 1. The Morgan fingerprint density at radius 1 is 1.30 bits per heavy atom. The molecule has 0 fully saturated rings. The molecule has 0 aromatic carbocycles. The van der Waals surface area contributed by atoms with Crippen molar-refractivity contribution in [1.29, 1.82) is 0 Å². The van der Waals surface area contributed by atoms with Gasteiger partial charge in [-0.3, -0.25) is 0 Å². The molecule has 62 valence electrons. The fraction of sp³-hybridized carbons (Fsp3) is 1.00. The number of hydrogen-bond donors (Lipinski definition) is 1. The van der Waals surface area contributed by atoms with E-state index in [-0.39, 0.29) is 6.10 Å². The first-order valence-corrected chi connectivity index (χ1v) is 5.17. The summed E-state index contributed by atoms with van der Waals surface area (Å²) < 4.78 is 0. The summed E-state index contributed by atoms with van der Waals surface area (Å²) in [7, 11) is 0. The second-order valence-corrected chi connectivity index (χ2v) is 3.42. The maximum Gasteiger partial charge on any atom is 0.0540 e. The molecule has 0 bridgehead atoms. The Kier molecular flexibility index (Phi) is 7.88. The monoisotopic (exact) mass is 208 g/mol. The van der Waals surface area contributed by atoms with Crippen molar-refractivity contribution < 1.29 is 5.11 Å². The van der Waals surface area contributed by atoms with Crippen LogP contribution in [-0.2, 0) is 0 Å². The first-order chi connectivity index (χ1) is 4.81. The van der Waals surface area contributed by atoms with Crippen LogP contribution in [-0.4, -0.2) is 16.5 Å². The summed E-state index contributed by atoms with van der Waals surface area (Å²) in [6.07, 6.45) is 5.30. The molecule has 1 atom stereocenters. The van der Waals surface area contributed by atoms with Crippen molar-refractivity contribution in [2.24, 2.45) is 0 Å². The van der Waals surface area contributed by atoms with Crippen molar-refractivity contribution in [3.05, 3.63) is 0 Å². The lowest BCUT2D eigenvalue weighted by molar-refractivity contribution is 0.151. The van der Waals surface area contributed by atoms with Gasteiger partial charge in [-0.05, 0) is 19.3 Å². The molecule has 0 aliphatic rings. The largest absolute Gasteiger partial charge is 0.393 e. The predicted molar refractivity (Wildman–Crippen MR) is 48.6 cm³/mol. The van der Waals surface area contributed by atoms with E-state index in [0.29, 0.717) is 0 Å². The normalized spacial score (nSPS) is 13.5. The number of unbranched alkanes of at least 4 members (excludes halogenated alkanes) is 1. The summed E-state index contributed by atoms with van der Waals surface area (Å²) in [5.74, 6) is 0. The molecule has 0 saturated heterocycles. The van der Waals surface area contributed by atoms with Crippen molar-refractivity contribution in [1.82, 2.24) is 0 Å². The quantitative estimate of drug-likeness (QED) is 0.667. The molecular weight excluding hydrogens is 192 g/mol. The molecule has 0 saturated carbocycles. The molecule has 1 unspecified atom stereocenters. The van der Waals surface area contributed by atoms with Gasteiger partial charge in [0, 0.05) is 5.33 Å². The Morgan fingerprint density at radius 2 is 1.90 bits per heavy atom. The van der Waals surface area contributed by atoms with Crippen LogP contribution < -0.4 is 0 Å². The fourth-order valence-corrected chi connectivity index (χ4v) is 1.22. The second kappa shape index (κ2) is 7.55. The molecule has 0 spiro atoms. The van der Waals surface area contributed by atoms with E-state index in [1.807, 2.05) is 0 Å². The summed E-state index contributed by atoms with van der Waals surface area (Å²) in [5.41, 5.74) is 0. The first kappa shape index (κ1) is 10.4. The lowest BCUT2D eigenvalue weighted by Crippen LogP contribution is -2.05. The summed E-state index contributed by atoms with van der Waals surface area (Å²) >= 11 is 3.33. The van der Waals surface area contributed by atoms with E-state index >= 15 is 0 Å². The van der Waals surface area contributed by atoms with Gasteiger partial charge in [0.1, 0.15) is 0 Å². The number of aliphatic hydroxyl groups is 1. The molecule has 0 amide bonds. The van der Waals surface area contributed by atoms with Gasteiger partial charge in [-0.2, -0.15) is 0 Å². The second-order valence-electron chi connectivity index (χ2n) is 2.63. The van der Waals surface area contributed by atoms with Crippen molar-refractivity contribution >= 4 is 15.9 Å². The lowest BCUT2D eigenvalue weighted by Gasteiger charge is -2.07. The van der Waals surface area contributed by atoms with E-state index in [0.717, 1.165) is 31.0 Å². The molecule has 10 heavy (non-hydrogen) atoms. The van der Waals surface area contributed by atoms with Crippen LogP contribution in [0.4, 0.5) is 0 Å². The van der Waals surface area contributed by atoms with Crippen LogP contribution in [0.25, 0.3) is 0 Å². The molecule has 0 aliphatic carbocycles. The molecule has 1 nitrogen and oxygen atoms in total. The number of aliphatic hydroxyl groups excluding tert-OH is 1. The fourth-order valence-electron chi connectivity index (χ4n) is 0.897. The van der Waals surface area contributed by atoms with Gasteiger partial charge in [0.15, 0.2) is 0 Å². The van der Waals surface area contributed by atoms with Crippen LogP contribution in [0, 0.1) is 0 Å². The Bertz CT molecular complexity index is 58.3. The third kappa shape index (κ3) is 6.56. The minimum absolute atomic E-state index is 0.0579. The van der Waals surface area contributed by atoms with Gasteiger partial charge in [-0.15, -0.1) is 0 Å². The Hall–Kier alpha value is 0.440. The van der Waals surface area contributed by atoms with Gasteiger partial charge < -0.3 is 5.11 Å². The van der Waals surface area contributed by atoms with Gasteiger partial charge in [0.05, 0.1) is 6.10 Å². The number of halogens is 1. The Labute approximate surface area is 72.0 Å². The molecule has 0 aromatic rings. The van der Waals surface area contributed by atoms with Gasteiger partial charge >= 0.3 is 0 Å². The summed E-state index contributed by atoms with van der Waals surface area (Å²) in [6, 6.07) is 0. The standard InChI is InChI=1S/C8H17BrO/c1-2-3-5-8(10)6-4-7-9/h8,10H,2-7H2,1H3. The van der Waals surface area contributed by atoms with Crippen LogP contribution in [0.15, 0.2) is 0 Å². The van der Waals surface area contributed by atoms with Crippen LogP contribution in [0.1, 0.15) is 39.0 Å². The Balaban J connectivity index is 3.00. The third-order valence-corrected chi connectivity index (χ3v) is 2.12. The first-order valence-electron chi connectivity index (χ1n) is 4.05. The minimum atomic E-state index is -0.0579. The molecular formula is C8H17BrO. The summed E-state index contributed by atoms with van der Waals surface area (Å²) in [6.45, 7) is 2.15. The van der Waals surface area contributed by atoms with E-state index in [2.05, 4.69) is 22.9 Å². The van der Waals surface area contributed by atoms with Crippen molar-refractivity contribution in [3.8, 4) is 0 Å². The predicted octanol–water partition coefficient (Wildman–Crippen LogP) is 2.71. The van der Waals surface area contributed by atoms with Gasteiger partial charge in [0.25, 0.3) is 0 Å². The van der Waals surface area contributed by atoms with Crippen molar-refractivity contribution in [2.75, 3.05) is 5.33 Å². The zero-order chi connectivity index (χ0) is 7.82. The van der Waals surface area contributed by atoms with E-state index in [9.17, 15) is 5.11 Å². The van der Waals surface area contributed by atoms with Crippen molar-refractivity contribution in [3.63, 3.8) is 0 Å². The average molecular weight is 209 g/mol. The molecule has 0 heterocycles. The van der Waals surface area contributed by atoms with Gasteiger partial charge in [-0.1, -0.05) is 35.7 Å². The average Bonchev–Trinajstić information content (AvgIpc) is 1.97. The lowest BCUT2D eigenvalue weighted by atomic mass is 10.1. The summed E-state index contributed by atoms with van der Waals surface area (Å²) in [4.78, 5) is 0. The topological polar surface area (TPSA) is 20.2 Å². The van der Waals surface area contributed by atoms with Gasteiger partial charge in [-0.25, -0.2) is 0 Å². The zero-order valence-corrected chi connectivity index (χ0v) is 8.23. The minimum Gasteiger partial charge on any atom is -0.393 e. The smallest absolute Gasteiger partial charge is 0.0540 e. The third-order valence-electron chi connectivity index (χ3n) is 1.56. The molecule has 0 aromatic heterocycles. The van der Waals surface area contributed by atoms with Crippen LogP contribution >= 0.6 is 15.9 Å². The molecule has 0 radical (unpaired) electrons. The molecule has 2 heteroatoms. The van der Waals surface area contributed by atoms with E-state index < -0.39 is 0 Å². The van der Waals surface area contributed by atoms with Crippen LogP contribution in [0.2, 0.25) is 0 Å². The highest BCUT2D eigenvalue weighted by Gasteiger charge is 2.00. The van der Waals surface area contributed by atoms with Gasteiger partial charge in [0.2, 0.25) is 0 Å². The van der Waals surface area contributed by atoms with Crippen LogP contribution in [0.5, 0.6) is 0 Å². The molecule has 0 rings (SSSR count). The van der Waals surface area contributed by atoms with Crippen molar-refractivity contribution in [2.45, 2.75) is 45.1 Å². The van der Waals surface area contributed by atoms with E-state index in [4.69, 9.17) is 0 Å². The summed E-state index contributed by atoms with van der Waals surface area (Å²) in [5, 5.41) is 10.3. The number of rotatable bonds is 6. The highest BCUT2D eigenvalue weighted by Crippen LogP contribution is 2.07. The Morgan fingerprint density at radius 3 is 2.40 bits per heavy atom. The highest BCUT2D eigenvalue weighted by atomic mass is 79.9. The maximum atomic E-state index is 9.29. The SMILES string of the molecule is CCCCC(O)CCCBr. The molecule has 0 aliphatic heterocycles. The van der Waals surface area contributed by atoms with E-state index in [1.54, 1.807) is 0 Å². The zero-order valence-electron chi connectivity index (χ0n) is 6.65. The maximum absolute atomic E-state index is 9.29.